The number of nitrogens with two attached hydrogens (primary N) is 1. The number of hydrogen-bond donors (Lipinski definition) is 2. The van der Waals surface area contributed by atoms with Crippen LogP contribution in [0.2, 0.25) is 5.02 Å². The van der Waals surface area contributed by atoms with Gasteiger partial charge in [-0.1, -0.05) is 22.9 Å². The fraction of sp³-hybridized carbons (Fsp3) is 0.100. The predicted octanol–water partition coefficient (Wildman–Crippen LogP) is 2.77. The zero-order valence-corrected chi connectivity index (χ0v) is 12.3. The van der Waals surface area contributed by atoms with Crippen molar-refractivity contribution >= 4 is 43.8 Å². The van der Waals surface area contributed by atoms with E-state index in [9.17, 15) is 17.2 Å². The number of rotatable bonds is 3. The van der Waals surface area contributed by atoms with Crippen molar-refractivity contribution in [2.24, 2.45) is 0 Å². The summed E-state index contributed by atoms with van der Waals surface area (Å²) in [4.78, 5) is 3.77. The molecule has 0 amide bonds. The molecule has 0 spiro atoms. The monoisotopic (exact) mass is 339 g/mol. The minimum Gasteiger partial charge on any atom is -0.375 e. The van der Waals surface area contributed by atoms with Gasteiger partial charge in [-0.2, -0.15) is 0 Å². The molecule has 0 aliphatic carbocycles. The summed E-state index contributed by atoms with van der Waals surface area (Å²) in [7, 11) is -4.10. The van der Waals surface area contributed by atoms with E-state index in [0.29, 0.717) is 6.07 Å². The van der Waals surface area contributed by atoms with Gasteiger partial charge in [-0.15, -0.1) is 0 Å². The van der Waals surface area contributed by atoms with Crippen LogP contribution in [0.1, 0.15) is 5.69 Å². The Balaban J connectivity index is 2.46. The Hall–Kier alpha value is -1.45. The van der Waals surface area contributed by atoms with Gasteiger partial charge in [0.2, 0.25) is 0 Å². The summed E-state index contributed by atoms with van der Waals surface area (Å²) in [6.45, 7) is 1.45. The minimum atomic E-state index is -4.10. The van der Waals surface area contributed by atoms with E-state index in [-0.39, 0.29) is 20.1 Å². The second-order valence-corrected chi connectivity index (χ2v) is 7.09. The van der Waals surface area contributed by atoms with Crippen LogP contribution < -0.4 is 10.5 Å². The lowest BCUT2D eigenvalue weighted by Gasteiger charge is -2.09. The number of anilines is 2. The lowest BCUT2D eigenvalue weighted by molar-refractivity contribution is 0.583. The Labute approximate surface area is 122 Å². The molecule has 5 nitrogen and oxygen atoms in total. The Morgan fingerprint density at radius 3 is 2.55 bits per heavy atom. The highest BCUT2D eigenvalue weighted by Crippen LogP contribution is 2.31. The first-order valence-corrected chi connectivity index (χ1v) is 7.78. The van der Waals surface area contributed by atoms with Gasteiger partial charge in [-0.25, -0.2) is 22.2 Å². The van der Waals surface area contributed by atoms with E-state index in [4.69, 9.17) is 17.3 Å². The summed E-state index contributed by atoms with van der Waals surface area (Å²) < 4.78 is 52.5. The van der Waals surface area contributed by atoms with Crippen molar-refractivity contribution < 1.29 is 17.2 Å². The van der Waals surface area contributed by atoms with Crippen molar-refractivity contribution in [3.63, 3.8) is 0 Å². The van der Waals surface area contributed by atoms with Crippen LogP contribution in [0, 0.1) is 18.6 Å². The highest BCUT2D eigenvalue weighted by Gasteiger charge is 2.24. The van der Waals surface area contributed by atoms with Crippen molar-refractivity contribution in [2.45, 2.75) is 11.1 Å². The number of aromatic nitrogens is 1. The molecule has 0 saturated heterocycles. The van der Waals surface area contributed by atoms with Crippen LogP contribution in [-0.4, -0.2) is 13.4 Å². The van der Waals surface area contributed by atoms with Crippen molar-refractivity contribution in [1.29, 1.82) is 0 Å². The number of nitrogens with one attached hydrogen (secondary N) is 1. The SMILES string of the molecule is Cc1nc(N)sc1S(=O)(=O)Nc1c(F)cc(F)cc1Cl. The van der Waals surface area contributed by atoms with Crippen LogP contribution in [0.5, 0.6) is 0 Å². The predicted molar refractivity (Wildman–Crippen MR) is 73.4 cm³/mol. The van der Waals surface area contributed by atoms with Gasteiger partial charge in [-0.3, -0.25) is 4.72 Å². The van der Waals surface area contributed by atoms with E-state index in [2.05, 4.69) is 4.98 Å². The molecule has 1 heterocycles. The van der Waals surface area contributed by atoms with Crippen molar-refractivity contribution in [1.82, 2.24) is 4.98 Å². The number of benzene rings is 1. The van der Waals surface area contributed by atoms with Crippen molar-refractivity contribution in [3.8, 4) is 0 Å². The molecule has 0 saturated carbocycles. The number of sulfonamides is 1. The summed E-state index contributed by atoms with van der Waals surface area (Å²) >= 11 is 6.36. The van der Waals surface area contributed by atoms with E-state index >= 15 is 0 Å². The average Bonchev–Trinajstić information content (AvgIpc) is 2.64. The Morgan fingerprint density at radius 1 is 1.40 bits per heavy atom. The van der Waals surface area contributed by atoms with Crippen molar-refractivity contribution in [3.05, 3.63) is 34.5 Å². The van der Waals surface area contributed by atoms with Gasteiger partial charge in [0.15, 0.2) is 15.2 Å². The van der Waals surface area contributed by atoms with E-state index in [1.807, 2.05) is 4.72 Å². The first-order chi connectivity index (χ1) is 9.20. The van der Waals surface area contributed by atoms with Crippen LogP contribution in [0.4, 0.5) is 19.6 Å². The lowest BCUT2D eigenvalue weighted by atomic mass is 10.3. The molecule has 0 aliphatic heterocycles. The number of halogens is 3. The maximum atomic E-state index is 13.6. The number of thiazole rings is 1. The molecule has 0 radical (unpaired) electrons. The largest absolute Gasteiger partial charge is 0.375 e. The first-order valence-electron chi connectivity index (χ1n) is 5.11. The smallest absolute Gasteiger partial charge is 0.273 e. The van der Waals surface area contributed by atoms with Gasteiger partial charge in [0.05, 0.1) is 10.7 Å². The van der Waals surface area contributed by atoms with Crippen LogP contribution >= 0.6 is 22.9 Å². The molecule has 0 aliphatic rings. The quantitative estimate of drug-likeness (QED) is 0.900. The van der Waals surface area contributed by atoms with Gasteiger partial charge in [0.1, 0.15) is 11.5 Å². The maximum Gasteiger partial charge on any atom is 0.273 e. The van der Waals surface area contributed by atoms with Gasteiger partial charge in [0.25, 0.3) is 10.0 Å². The second-order valence-electron chi connectivity index (χ2n) is 3.77. The van der Waals surface area contributed by atoms with Crippen LogP contribution in [0.3, 0.4) is 0 Å². The summed E-state index contributed by atoms with van der Waals surface area (Å²) in [5.74, 6) is -2.03. The summed E-state index contributed by atoms with van der Waals surface area (Å²) in [5, 5.41) is -0.324. The van der Waals surface area contributed by atoms with Gasteiger partial charge in [0, 0.05) is 6.07 Å². The van der Waals surface area contributed by atoms with Gasteiger partial charge >= 0.3 is 0 Å². The molecule has 3 N–H and O–H groups in total. The second kappa shape index (κ2) is 5.15. The highest BCUT2D eigenvalue weighted by atomic mass is 35.5. The number of nitrogens with zero attached hydrogens (tertiary/aromatic N) is 1. The molecule has 108 valence electrons. The molecule has 0 fully saturated rings. The van der Waals surface area contributed by atoms with E-state index < -0.39 is 27.3 Å². The highest BCUT2D eigenvalue weighted by molar-refractivity contribution is 7.94. The zero-order chi connectivity index (χ0) is 15.1. The minimum absolute atomic E-state index is 0.0635. The molecule has 1 aromatic carbocycles. The standard InChI is InChI=1S/C10H8ClF2N3O2S2/c1-4-9(19-10(14)15-4)20(17,18)16-8-6(11)2-5(12)3-7(8)13/h2-3,16H,1H3,(H2,14,15). The number of aryl methyl sites for hydroxylation is 1. The summed E-state index contributed by atoms with van der Waals surface area (Å²) in [6.07, 6.45) is 0. The van der Waals surface area contributed by atoms with Gasteiger partial charge < -0.3 is 5.73 Å². The normalized spacial score (nSPS) is 11.6. The third-order valence-electron chi connectivity index (χ3n) is 2.26. The maximum absolute atomic E-state index is 13.6. The molecule has 1 aromatic heterocycles. The van der Waals surface area contributed by atoms with E-state index in [1.54, 1.807) is 0 Å². The van der Waals surface area contributed by atoms with Crippen LogP contribution in [-0.2, 0) is 10.0 Å². The molecule has 20 heavy (non-hydrogen) atoms. The van der Waals surface area contributed by atoms with Crippen LogP contribution in [0.25, 0.3) is 0 Å². The molecule has 10 heteroatoms. The van der Waals surface area contributed by atoms with Crippen molar-refractivity contribution in [2.75, 3.05) is 10.5 Å². The molecule has 2 aromatic rings. The van der Waals surface area contributed by atoms with Gasteiger partial charge in [-0.05, 0) is 13.0 Å². The Bertz CT molecular complexity index is 754. The number of hydrogen-bond acceptors (Lipinski definition) is 5. The molecular formula is C10H8ClF2N3O2S2. The Kier molecular flexibility index (Phi) is 3.85. The zero-order valence-electron chi connectivity index (χ0n) is 9.95. The third-order valence-corrected chi connectivity index (χ3v) is 5.50. The summed E-state index contributed by atoms with van der Waals surface area (Å²) in [5.41, 5.74) is 5.07. The summed E-state index contributed by atoms with van der Waals surface area (Å²) in [6, 6.07) is 1.33. The number of nitrogen functional groups attached to an aromatic ring is 1. The van der Waals surface area contributed by atoms with E-state index in [0.717, 1.165) is 17.4 Å². The third kappa shape index (κ3) is 2.84. The molecule has 0 atom stereocenters. The topological polar surface area (TPSA) is 85.1 Å². The molecule has 2 rings (SSSR count). The average molecular weight is 340 g/mol. The fourth-order valence-electron chi connectivity index (χ4n) is 1.47. The fourth-order valence-corrected chi connectivity index (χ4v) is 4.16. The molecule has 0 bridgehead atoms. The first kappa shape index (κ1) is 14.9. The molecule has 0 unspecified atom stereocenters. The lowest BCUT2D eigenvalue weighted by Crippen LogP contribution is -2.14. The Morgan fingerprint density at radius 2 is 2.05 bits per heavy atom. The van der Waals surface area contributed by atoms with Crippen LogP contribution in [0.15, 0.2) is 16.3 Å². The van der Waals surface area contributed by atoms with E-state index in [1.165, 1.54) is 6.92 Å². The molecular weight excluding hydrogens is 332 g/mol.